The SMILES string of the molecule is Fc1ccc(Br)cc1Oc1cc(Br)nc(C2CC2)n1. The lowest BCUT2D eigenvalue weighted by Gasteiger charge is -2.08. The lowest BCUT2D eigenvalue weighted by Crippen LogP contribution is -1.97. The van der Waals surface area contributed by atoms with Crippen LogP contribution in [0.4, 0.5) is 4.39 Å². The van der Waals surface area contributed by atoms with Crippen molar-refractivity contribution >= 4 is 31.9 Å². The number of rotatable bonds is 3. The van der Waals surface area contributed by atoms with E-state index in [4.69, 9.17) is 4.74 Å². The minimum absolute atomic E-state index is 0.140. The average molecular weight is 388 g/mol. The summed E-state index contributed by atoms with van der Waals surface area (Å²) in [4.78, 5) is 8.62. The Morgan fingerprint density at radius 1 is 1.16 bits per heavy atom. The molecule has 98 valence electrons. The van der Waals surface area contributed by atoms with Gasteiger partial charge in [0, 0.05) is 16.5 Å². The van der Waals surface area contributed by atoms with E-state index >= 15 is 0 Å². The molecular weight excluding hydrogens is 379 g/mol. The van der Waals surface area contributed by atoms with Gasteiger partial charge in [0.15, 0.2) is 11.6 Å². The molecule has 0 N–H and O–H groups in total. The molecule has 1 fully saturated rings. The number of nitrogens with zero attached hydrogens (tertiary/aromatic N) is 2. The minimum atomic E-state index is -0.425. The van der Waals surface area contributed by atoms with Crippen LogP contribution >= 0.6 is 31.9 Å². The first-order valence-electron chi connectivity index (χ1n) is 5.79. The Morgan fingerprint density at radius 3 is 2.68 bits per heavy atom. The first-order chi connectivity index (χ1) is 9.11. The Kier molecular flexibility index (Phi) is 3.54. The largest absolute Gasteiger partial charge is 0.436 e. The van der Waals surface area contributed by atoms with Gasteiger partial charge in [-0.15, -0.1) is 0 Å². The van der Waals surface area contributed by atoms with Crippen LogP contribution in [0.25, 0.3) is 0 Å². The first kappa shape index (κ1) is 13.0. The molecule has 0 saturated heterocycles. The number of halogens is 3. The minimum Gasteiger partial charge on any atom is -0.436 e. The molecule has 3 nitrogen and oxygen atoms in total. The molecule has 1 aliphatic rings. The van der Waals surface area contributed by atoms with Crippen molar-refractivity contribution in [1.82, 2.24) is 9.97 Å². The summed E-state index contributed by atoms with van der Waals surface area (Å²) in [5, 5.41) is 0. The van der Waals surface area contributed by atoms with Gasteiger partial charge >= 0.3 is 0 Å². The fraction of sp³-hybridized carbons (Fsp3) is 0.231. The molecule has 6 heteroatoms. The molecule has 0 unspecified atom stereocenters. The van der Waals surface area contributed by atoms with E-state index in [1.165, 1.54) is 6.07 Å². The van der Waals surface area contributed by atoms with Crippen LogP contribution < -0.4 is 4.74 Å². The molecule has 3 rings (SSSR count). The van der Waals surface area contributed by atoms with Gasteiger partial charge in [0.05, 0.1) is 0 Å². The third-order valence-corrected chi connectivity index (χ3v) is 3.64. The van der Waals surface area contributed by atoms with Gasteiger partial charge in [-0.3, -0.25) is 0 Å². The van der Waals surface area contributed by atoms with E-state index in [1.807, 2.05) is 0 Å². The molecule has 0 amide bonds. The van der Waals surface area contributed by atoms with Crippen LogP contribution in [0.15, 0.2) is 33.3 Å². The van der Waals surface area contributed by atoms with Gasteiger partial charge in [0.25, 0.3) is 0 Å². The number of hydrogen-bond acceptors (Lipinski definition) is 3. The van der Waals surface area contributed by atoms with E-state index in [-0.39, 0.29) is 5.75 Å². The van der Waals surface area contributed by atoms with Gasteiger partial charge in [-0.25, -0.2) is 9.37 Å². The zero-order valence-corrected chi connectivity index (χ0v) is 12.9. The predicted octanol–water partition coefficient (Wildman–Crippen LogP) is 4.81. The zero-order chi connectivity index (χ0) is 13.4. The van der Waals surface area contributed by atoms with Crippen LogP contribution in [0, 0.1) is 5.82 Å². The van der Waals surface area contributed by atoms with Crippen LogP contribution in [0.3, 0.4) is 0 Å². The molecule has 19 heavy (non-hydrogen) atoms. The van der Waals surface area contributed by atoms with Gasteiger partial charge in [-0.1, -0.05) is 15.9 Å². The normalized spacial score (nSPS) is 14.5. The first-order valence-corrected chi connectivity index (χ1v) is 7.38. The third kappa shape index (κ3) is 3.12. The number of ether oxygens (including phenoxy) is 1. The van der Waals surface area contributed by atoms with Gasteiger partial charge in [-0.05, 0) is 47.0 Å². The molecule has 0 spiro atoms. The predicted molar refractivity (Wildman–Crippen MR) is 75.9 cm³/mol. The van der Waals surface area contributed by atoms with Crippen LogP contribution in [0.5, 0.6) is 11.6 Å². The highest BCUT2D eigenvalue weighted by Crippen LogP contribution is 2.39. The molecule has 1 saturated carbocycles. The van der Waals surface area contributed by atoms with E-state index in [2.05, 4.69) is 41.8 Å². The van der Waals surface area contributed by atoms with Crippen molar-refractivity contribution in [3.63, 3.8) is 0 Å². The summed E-state index contributed by atoms with van der Waals surface area (Å²) >= 11 is 6.60. The van der Waals surface area contributed by atoms with E-state index < -0.39 is 5.82 Å². The zero-order valence-electron chi connectivity index (χ0n) is 9.74. The van der Waals surface area contributed by atoms with Crippen molar-refractivity contribution in [2.24, 2.45) is 0 Å². The van der Waals surface area contributed by atoms with Crippen LogP contribution in [0.1, 0.15) is 24.6 Å². The molecule has 2 aromatic rings. The van der Waals surface area contributed by atoms with Crippen LogP contribution in [0.2, 0.25) is 0 Å². The van der Waals surface area contributed by atoms with Crippen molar-refractivity contribution in [1.29, 1.82) is 0 Å². The molecule has 0 aliphatic heterocycles. The quantitative estimate of drug-likeness (QED) is 0.709. The van der Waals surface area contributed by atoms with Crippen molar-refractivity contribution in [3.8, 4) is 11.6 Å². The van der Waals surface area contributed by atoms with Crippen molar-refractivity contribution in [2.75, 3.05) is 0 Å². The smallest absolute Gasteiger partial charge is 0.223 e. The summed E-state index contributed by atoms with van der Waals surface area (Å²) < 4.78 is 20.5. The van der Waals surface area contributed by atoms with Crippen molar-refractivity contribution < 1.29 is 9.13 Å². The second-order valence-electron chi connectivity index (χ2n) is 4.34. The second-order valence-corrected chi connectivity index (χ2v) is 6.07. The molecule has 0 atom stereocenters. The molecule has 1 aromatic heterocycles. The van der Waals surface area contributed by atoms with E-state index in [0.29, 0.717) is 16.4 Å². The molecular formula is C13H9Br2FN2O. The number of aromatic nitrogens is 2. The monoisotopic (exact) mass is 386 g/mol. The Morgan fingerprint density at radius 2 is 1.95 bits per heavy atom. The van der Waals surface area contributed by atoms with Crippen LogP contribution in [-0.4, -0.2) is 9.97 Å². The summed E-state index contributed by atoms with van der Waals surface area (Å²) in [7, 11) is 0. The van der Waals surface area contributed by atoms with Crippen molar-refractivity contribution in [3.05, 3.63) is 45.0 Å². The van der Waals surface area contributed by atoms with Crippen LogP contribution in [-0.2, 0) is 0 Å². The maximum Gasteiger partial charge on any atom is 0.223 e. The number of benzene rings is 1. The van der Waals surface area contributed by atoms with E-state index in [9.17, 15) is 4.39 Å². The molecule has 1 aromatic carbocycles. The fourth-order valence-corrected chi connectivity index (χ4v) is 2.38. The highest BCUT2D eigenvalue weighted by atomic mass is 79.9. The van der Waals surface area contributed by atoms with Crippen molar-refractivity contribution in [2.45, 2.75) is 18.8 Å². The third-order valence-electron chi connectivity index (χ3n) is 2.74. The molecule has 0 bridgehead atoms. The summed E-state index contributed by atoms with van der Waals surface area (Å²) in [5.74, 6) is 1.22. The maximum atomic E-state index is 13.6. The Hall–Kier alpha value is -1.01. The van der Waals surface area contributed by atoms with Gasteiger partial charge in [-0.2, -0.15) is 4.98 Å². The average Bonchev–Trinajstić information content (AvgIpc) is 3.17. The van der Waals surface area contributed by atoms with Gasteiger partial charge in [0.2, 0.25) is 5.88 Å². The molecule has 0 radical (unpaired) electrons. The summed E-state index contributed by atoms with van der Waals surface area (Å²) in [6.45, 7) is 0. The van der Waals surface area contributed by atoms with E-state index in [0.717, 1.165) is 23.1 Å². The Balaban J connectivity index is 1.92. The summed E-state index contributed by atoms with van der Waals surface area (Å²) in [6.07, 6.45) is 2.20. The Bertz CT molecular complexity index is 632. The van der Waals surface area contributed by atoms with Gasteiger partial charge in [0.1, 0.15) is 10.4 Å². The second kappa shape index (κ2) is 5.17. The lowest BCUT2D eigenvalue weighted by molar-refractivity contribution is 0.423. The standard InChI is InChI=1S/C13H9Br2FN2O/c14-8-3-4-9(16)10(5-8)19-12-6-11(15)17-13(18-12)7-1-2-7/h3-7H,1-2H2. The van der Waals surface area contributed by atoms with E-state index in [1.54, 1.807) is 18.2 Å². The topological polar surface area (TPSA) is 35.0 Å². The fourth-order valence-electron chi connectivity index (χ4n) is 1.66. The highest BCUT2D eigenvalue weighted by molar-refractivity contribution is 9.10. The molecule has 1 aliphatic carbocycles. The van der Waals surface area contributed by atoms with Gasteiger partial charge < -0.3 is 4.74 Å². The molecule has 1 heterocycles. The summed E-state index contributed by atoms with van der Waals surface area (Å²) in [5.41, 5.74) is 0. The number of hydrogen-bond donors (Lipinski definition) is 0. The maximum absolute atomic E-state index is 13.6. The highest BCUT2D eigenvalue weighted by Gasteiger charge is 2.27. The Labute approximate surface area is 126 Å². The lowest BCUT2D eigenvalue weighted by atomic mass is 10.3. The summed E-state index contributed by atoms with van der Waals surface area (Å²) in [6, 6.07) is 6.17.